The van der Waals surface area contributed by atoms with Gasteiger partial charge in [0.15, 0.2) is 0 Å². The highest BCUT2D eigenvalue weighted by Gasteiger charge is 2.25. The van der Waals surface area contributed by atoms with Crippen molar-refractivity contribution in [2.75, 3.05) is 31.1 Å². The van der Waals surface area contributed by atoms with Crippen LogP contribution < -0.4 is 4.90 Å². The fourth-order valence-corrected chi connectivity index (χ4v) is 3.10. The molecule has 2 aromatic rings. The molecule has 0 aliphatic carbocycles. The molecule has 0 aromatic heterocycles. The molecule has 3 rings (SSSR count). The van der Waals surface area contributed by atoms with Gasteiger partial charge < -0.3 is 9.80 Å². The molecule has 0 radical (unpaired) electrons. The number of piperazine rings is 1. The minimum Gasteiger partial charge on any atom is -0.366 e. The van der Waals surface area contributed by atoms with E-state index >= 15 is 0 Å². The molecule has 1 aliphatic heterocycles. The van der Waals surface area contributed by atoms with Gasteiger partial charge in [0, 0.05) is 32.2 Å². The number of halogens is 1. The fourth-order valence-electron chi connectivity index (χ4n) is 3.10. The summed E-state index contributed by atoms with van der Waals surface area (Å²) in [5, 5.41) is 20.5. The largest absolute Gasteiger partial charge is 0.366 e. The quantitative estimate of drug-likeness (QED) is 0.352. The Morgan fingerprint density at radius 1 is 1.11 bits per heavy atom. The highest BCUT2D eigenvalue weighted by atomic mass is 19.1. The zero-order valence-electron chi connectivity index (χ0n) is 14.9. The maximum Gasteiger partial charge on any atom is 0.276 e. The van der Waals surface area contributed by atoms with E-state index in [1.54, 1.807) is 24.3 Å². The van der Waals surface area contributed by atoms with Crippen molar-refractivity contribution in [2.45, 2.75) is 0 Å². The second kappa shape index (κ2) is 8.31. The van der Waals surface area contributed by atoms with Crippen LogP contribution in [0, 0.1) is 27.3 Å². The van der Waals surface area contributed by atoms with Crippen molar-refractivity contribution in [1.29, 1.82) is 5.26 Å². The van der Waals surface area contributed by atoms with E-state index < -0.39 is 10.8 Å². The molecule has 0 bridgehead atoms. The lowest BCUT2D eigenvalue weighted by Gasteiger charge is -2.36. The van der Waals surface area contributed by atoms with Gasteiger partial charge >= 0.3 is 0 Å². The second-order valence-corrected chi connectivity index (χ2v) is 6.22. The third kappa shape index (κ3) is 3.99. The average Bonchev–Trinajstić information content (AvgIpc) is 2.72. The van der Waals surface area contributed by atoms with Crippen LogP contribution in [0.15, 0.2) is 54.1 Å². The lowest BCUT2D eigenvalue weighted by molar-refractivity contribution is -0.385. The maximum absolute atomic E-state index is 13.9. The Morgan fingerprint density at radius 2 is 1.75 bits per heavy atom. The predicted molar refractivity (Wildman–Crippen MR) is 102 cm³/mol. The molecule has 1 fully saturated rings. The van der Waals surface area contributed by atoms with Crippen LogP contribution in [0.1, 0.15) is 5.56 Å². The number of benzene rings is 2. The Hall–Kier alpha value is -3.73. The molecule has 0 spiro atoms. The Morgan fingerprint density at radius 3 is 2.39 bits per heavy atom. The van der Waals surface area contributed by atoms with Gasteiger partial charge in [0.2, 0.25) is 0 Å². The number of carbonyl (C=O) groups is 1. The van der Waals surface area contributed by atoms with Gasteiger partial charge in [-0.1, -0.05) is 24.3 Å². The Balaban J connectivity index is 1.74. The number of hydrogen-bond donors (Lipinski definition) is 0. The first-order chi connectivity index (χ1) is 13.5. The Kier molecular flexibility index (Phi) is 5.65. The summed E-state index contributed by atoms with van der Waals surface area (Å²) in [4.78, 5) is 26.6. The van der Waals surface area contributed by atoms with Gasteiger partial charge in [-0.05, 0) is 24.3 Å². The summed E-state index contributed by atoms with van der Waals surface area (Å²) in [5.74, 6) is -0.815. The molecule has 0 unspecified atom stereocenters. The van der Waals surface area contributed by atoms with E-state index in [1.165, 1.54) is 35.2 Å². The van der Waals surface area contributed by atoms with Crippen LogP contribution in [0.2, 0.25) is 0 Å². The van der Waals surface area contributed by atoms with Crippen molar-refractivity contribution in [3.8, 4) is 6.07 Å². The minimum atomic E-state index is -0.557. The smallest absolute Gasteiger partial charge is 0.276 e. The summed E-state index contributed by atoms with van der Waals surface area (Å²) in [6.07, 6.45) is 1.24. The number of nitrogens with zero attached hydrogens (tertiary/aromatic N) is 4. The standard InChI is InChI=1S/C20H17FN4O3/c21-17-6-2-4-8-19(17)23-9-11-24(12-10-23)20(26)16(14-22)13-15-5-1-3-7-18(15)25(27)28/h1-8,13H,9-12H2/b16-13+. The predicted octanol–water partition coefficient (Wildman–Crippen LogP) is 2.99. The zero-order valence-corrected chi connectivity index (χ0v) is 14.9. The van der Waals surface area contributed by atoms with Gasteiger partial charge in [0.25, 0.3) is 11.6 Å². The molecular formula is C20H17FN4O3. The Labute approximate surface area is 161 Å². The number of nitro groups is 1. The van der Waals surface area contributed by atoms with Gasteiger partial charge in [-0.2, -0.15) is 5.26 Å². The summed E-state index contributed by atoms with van der Waals surface area (Å²) in [7, 11) is 0. The highest BCUT2D eigenvalue weighted by Crippen LogP contribution is 2.23. The average molecular weight is 380 g/mol. The molecule has 142 valence electrons. The second-order valence-electron chi connectivity index (χ2n) is 6.22. The van der Waals surface area contributed by atoms with E-state index in [4.69, 9.17) is 0 Å². The number of amides is 1. The van der Waals surface area contributed by atoms with Crippen LogP contribution in [0.3, 0.4) is 0 Å². The summed E-state index contributed by atoms with van der Waals surface area (Å²) < 4.78 is 13.9. The van der Waals surface area contributed by atoms with E-state index in [9.17, 15) is 24.6 Å². The lowest BCUT2D eigenvalue weighted by atomic mass is 10.1. The monoisotopic (exact) mass is 380 g/mol. The van der Waals surface area contributed by atoms with Crippen LogP contribution in [0.25, 0.3) is 6.08 Å². The van der Waals surface area contributed by atoms with Crippen molar-refractivity contribution in [1.82, 2.24) is 4.90 Å². The first-order valence-electron chi connectivity index (χ1n) is 8.65. The van der Waals surface area contributed by atoms with E-state index in [2.05, 4.69) is 0 Å². The normalized spacial score (nSPS) is 14.5. The van der Waals surface area contributed by atoms with E-state index in [1.807, 2.05) is 11.0 Å². The van der Waals surface area contributed by atoms with Crippen LogP contribution in [0.5, 0.6) is 0 Å². The van der Waals surface area contributed by atoms with E-state index in [0.717, 1.165) is 0 Å². The molecule has 2 aromatic carbocycles. The van der Waals surface area contributed by atoms with E-state index in [0.29, 0.717) is 31.9 Å². The van der Waals surface area contributed by atoms with Crippen molar-refractivity contribution >= 4 is 23.4 Å². The van der Waals surface area contributed by atoms with Gasteiger partial charge in [-0.15, -0.1) is 0 Å². The van der Waals surface area contributed by atoms with Crippen LogP contribution in [-0.4, -0.2) is 41.9 Å². The minimum absolute atomic E-state index is 0.173. The summed E-state index contributed by atoms with van der Waals surface area (Å²) in [6, 6.07) is 14.2. The van der Waals surface area contributed by atoms with Crippen molar-refractivity contribution in [3.05, 3.63) is 75.6 Å². The molecule has 1 aliphatic rings. The molecule has 0 atom stereocenters. The molecule has 1 saturated heterocycles. The molecular weight excluding hydrogens is 363 g/mol. The molecule has 7 nitrogen and oxygen atoms in total. The molecule has 1 heterocycles. The van der Waals surface area contributed by atoms with Gasteiger partial charge in [0.05, 0.1) is 16.2 Å². The third-order valence-corrected chi connectivity index (χ3v) is 4.54. The van der Waals surface area contributed by atoms with Gasteiger partial charge in [-0.3, -0.25) is 14.9 Å². The number of rotatable bonds is 4. The lowest BCUT2D eigenvalue weighted by Crippen LogP contribution is -2.49. The van der Waals surface area contributed by atoms with E-state index in [-0.39, 0.29) is 22.6 Å². The van der Waals surface area contributed by atoms with Crippen molar-refractivity contribution in [2.24, 2.45) is 0 Å². The third-order valence-electron chi connectivity index (χ3n) is 4.54. The molecule has 0 N–H and O–H groups in total. The topological polar surface area (TPSA) is 90.5 Å². The van der Waals surface area contributed by atoms with Gasteiger partial charge in [0.1, 0.15) is 17.5 Å². The highest BCUT2D eigenvalue weighted by molar-refractivity contribution is 6.02. The Bertz CT molecular complexity index is 975. The van der Waals surface area contributed by atoms with Crippen LogP contribution in [0.4, 0.5) is 15.8 Å². The summed E-state index contributed by atoms with van der Waals surface area (Å²) in [5.41, 5.74) is 0.328. The SMILES string of the molecule is N#C/C(=C\c1ccccc1[N+](=O)[O-])C(=O)N1CCN(c2ccccc2F)CC1. The van der Waals surface area contributed by atoms with Crippen molar-refractivity contribution < 1.29 is 14.1 Å². The van der Waals surface area contributed by atoms with Gasteiger partial charge in [-0.25, -0.2) is 4.39 Å². The fraction of sp³-hybridized carbons (Fsp3) is 0.200. The first kappa shape index (κ1) is 19.0. The molecule has 0 saturated carbocycles. The number of carbonyl (C=O) groups excluding carboxylic acids is 1. The van der Waals surface area contributed by atoms with Crippen LogP contribution in [-0.2, 0) is 4.79 Å². The molecule has 1 amide bonds. The number of hydrogen-bond acceptors (Lipinski definition) is 5. The number of nitriles is 1. The zero-order chi connectivity index (χ0) is 20.1. The number of anilines is 1. The van der Waals surface area contributed by atoms with Crippen molar-refractivity contribution in [3.63, 3.8) is 0 Å². The number of nitro benzene ring substituents is 1. The number of para-hydroxylation sites is 2. The summed E-state index contributed by atoms with van der Waals surface area (Å²) in [6.45, 7) is 1.50. The molecule has 8 heteroatoms. The summed E-state index contributed by atoms with van der Waals surface area (Å²) >= 11 is 0. The maximum atomic E-state index is 13.9. The van der Waals surface area contributed by atoms with Crippen LogP contribution >= 0.6 is 0 Å². The molecule has 28 heavy (non-hydrogen) atoms. The first-order valence-corrected chi connectivity index (χ1v) is 8.65.